The summed E-state index contributed by atoms with van der Waals surface area (Å²) >= 11 is 4.43. The molecule has 2 N–H and O–H groups in total. The van der Waals surface area contributed by atoms with Crippen LogP contribution in [0.1, 0.15) is 19.3 Å². The molecule has 0 bridgehead atoms. The molecule has 5 heteroatoms. The van der Waals surface area contributed by atoms with Crippen LogP contribution in [0.3, 0.4) is 0 Å². The zero-order valence-electron chi connectivity index (χ0n) is 7.96. The van der Waals surface area contributed by atoms with Gasteiger partial charge < -0.3 is 10.6 Å². The fraction of sp³-hybridized carbons (Fsp3) is 0.889. The summed E-state index contributed by atoms with van der Waals surface area (Å²) in [6.45, 7) is 0. The van der Waals surface area contributed by atoms with Crippen LogP contribution in [0.15, 0.2) is 0 Å². The van der Waals surface area contributed by atoms with Crippen molar-refractivity contribution < 1.29 is 4.79 Å². The molecule has 80 valence electrons. The van der Waals surface area contributed by atoms with Gasteiger partial charge in [-0.2, -0.15) is 11.8 Å². The average molecular weight is 326 g/mol. The monoisotopic (exact) mass is 326 g/mol. The number of fused-ring (bicyclic) bond motifs is 1. The van der Waals surface area contributed by atoms with Crippen molar-refractivity contribution >= 4 is 40.4 Å². The van der Waals surface area contributed by atoms with Crippen LogP contribution in [-0.2, 0) is 0 Å². The summed E-state index contributed by atoms with van der Waals surface area (Å²) in [6, 6.07) is 0.804. The molecule has 2 heterocycles. The molecule has 3 nitrogen and oxygen atoms in total. The molecule has 3 unspecified atom stereocenters. The van der Waals surface area contributed by atoms with E-state index in [2.05, 4.69) is 33.2 Å². The second-order valence-electron chi connectivity index (χ2n) is 3.81. The Morgan fingerprint density at radius 3 is 3.07 bits per heavy atom. The van der Waals surface area contributed by atoms with Crippen molar-refractivity contribution in [2.45, 2.75) is 36.6 Å². The zero-order chi connectivity index (χ0) is 9.97. The molecule has 2 saturated heterocycles. The van der Waals surface area contributed by atoms with Crippen molar-refractivity contribution in [2.75, 3.05) is 10.2 Å². The SMILES string of the molecule is O=C1NC2CSC(CCCCI)C2N1. The Kier molecular flexibility index (Phi) is 3.81. The number of amides is 2. The average Bonchev–Trinajstić information content (AvgIpc) is 2.66. The van der Waals surface area contributed by atoms with Crippen LogP contribution in [0.4, 0.5) is 4.79 Å². The van der Waals surface area contributed by atoms with Crippen LogP contribution in [-0.4, -0.2) is 33.5 Å². The highest BCUT2D eigenvalue weighted by Crippen LogP contribution is 2.32. The van der Waals surface area contributed by atoms with Crippen molar-refractivity contribution in [2.24, 2.45) is 0 Å². The minimum Gasteiger partial charge on any atom is -0.332 e. The second-order valence-corrected chi connectivity index (χ2v) is 6.16. The van der Waals surface area contributed by atoms with Crippen molar-refractivity contribution in [3.05, 3.63) is 0 Å². The van der Waals surface area contributed by atoms with Gasteiger partial charge in [-0.3, -0.25) is 0 Å². The number of hydrogen-bond donors (Lipinski definition) is 2. The number of halogens is 1. The third-order valence-electron chi connectivity index (χ3n) is 2.81. The van der Waals surface area contributed by atoms with E-state index in [-0.39, 0.29) is 6.03 Å². The second kappa shape index (κ2) is 4.92. The first kappa shape index (κ1) is 10.9. The van der Waals surface area contributed by atoms with Crippen molar-refractivity contribution in [3.63, 3.8) is 0 Å². The zero-order valence-corrected chi connectivity index (χ0v) is 10.9. The Morgan fingerprint density at radius 2 is 2.29 bits per heavy atom. The Hall–Kier alpha value is 0.350. The summed E-state index contributed by atoms with van der Waals surface area (Å²) in [6.07, 6.45) is 3.84. The van der Waals surface area contributed by atoms with Gasteiger partial charge in [0.25, 0.3) is 0 Å². The summed E-state index contributed by atoms with van der Waals surface area (Å²) in [5, 5.41) is 6.62. The van der Waals surface area contributed by atoms with E-state index in [1.165, 1.54) is 23.7 Å². The lowest BCUT2D eigenvalue weighted by Crippen LogP contribution is -2.36. The number of carbonyl (C=O) groups is 1. The third-order valence-corrected chi connectivity index (χ3v) is 5.08. The fourth-order valence-corrected chi connectivity index (χ4v) is 4.17. The van der Waals surface area contributed by atoms with Crippen LogP contribution < -0.4 is 10.6 Å². The molecule has 2 amide bonds. The molecule has 2 rings (SSSR count). The Balaban J connectivity index is 1.80. The third kappa shape index (κ3) is 2.29. The molecule has 2 aliphatic rings. The molecule has 2 aliphatic heterocycles. The van der Waals surface area contributed by atoms with Gasteiger partial charge in [0.15, 0.2) is 0 Å². The highest BCUT2D eigenvalue weighted by atomic mass is 127. The number of unbranched alkanes of at least 4 members (excludes halogenated alkanes) is 1. The van der Waals surface area contributed by atoms with Crippen LogP contribution in [0.5, 0.6) is 0 Å². The van der Waals surface area contributed by atoms with Gasteiger partial charge in [0.2, 0.25) is 0 Å². The first-order valence-electron chi connectivity index (χ1n) is 5.06. The summed E-state index contributed by atoms with van der Waals surface area (Å²) in [7, 11) is 0. The van der Waals surface area contributed by atoms with Crippen molar-refractivity contribution in [1.29, 1.82) is 0 Å². The minimum atomic E-state index is 0.0270. The maximum absolute atomic E-state index is 11.1. The topological polar surface area (TPSA) is 41.1 Å². The lowest BCUT2D eigenvalue weighted by molar-refractivity contribution is 0.247. The van der Waals surface area contributed by atoms with E-state index in [1.54, 1.807) is 0 Å². The van der Waals surface area contributed by atoms with E-state index in [9.17, 15) is 4.79 Å². The lowest BCUT2D eigenvalue weighted by Gasteiger charge is -2.15. The van der Waals surface area contributed by atoms with Crippen LogP contribution in [0.2, 0.25) is 0 Å². The standard InChI is InChI=1S/C9H15IN2OS/c10-4-2-1-3-7-8-6(5-14-7)11-9(13)12-8/h6-8H,1-5H2,(H2,11,12,13). The normalized spacial score (nSPS) is 35.2. The smallest absolute Gasteiger partial charge is 0.315 e. The maximum atomic E-state index is 11.1. The van der Waals surface area contributed by atoms with Gasteiger partial charge in [-0.1, -0.05) is 29.0 Å². The largest absolute Gasteiger partial charge is 0.332 e. The number of alkyl halides is 1. The van der Waals surface area contributed by atoms with Crippen molar-refractivity contribution in [1.82, 2.24) is 10.6 Å². The molecule has 0 aliphatic carbocycles. The molecule has 0 aromatic rings. The quantitative estimate of drug-likeness (QED) is 0.358. The number of hydrogen-bond acceptors (Lipinski definition) is 2. The van der Waals surface area contributed by atoms with Gasteiger partial charge in [0.1, 0.15) is 0 Å². The Bertz CT molecular complexity index is 227. The van der Waals surface area contributed by atoms with Gasteiger partial charge in [-0.15, -0.1) is 0 Å². The number of carbonyl (C=O) groups excluding carboxylic acids is 1. The van der Waals surface area contributed by atoms with Gasteiger partial charge in [0, 0.05) is 11.0 Å². The molecular weight excluding hydrogens is 311 g/mol. The maximum Gasteiger partial charge on any atom is 0.315 e. The molecule has 0 aromatic heterocycles. The fourth-order valence-electron chi connectivity index (χ4n) is 2.08. The van der Waals surface area contributed by atoms with Gasteiger partial charge in [-0.05, 0) is 17.3 Å². The van der Waals surface area contributed by atoms with Crippen molar-refractivity contribution in [3.8, 4) is 0 Å². The molecule has 2 fully saturated rings. The molecule has 0 spiro atoms. The molecule has 0 radical (unpaired) electrons. The predicted molar refractivity (Wildman–Crippen MR) is 68.2 cm³/mol. The summed E-state index contributed by atoms with van der Waals surface area (Å²) < 4.78 is 1.24. The highest BCUT2D eigenvalue weighted by molar-refractivity contribution is 14.1. The number of nitrogens with one attached hydrogen (secondary N) is 2. The first-order chi connectivity index (χ1) is 6.81. The first-order valence-corrected chi connectivity index (χ1v) is 7.63. The van der Waals surface area contributed by atoms with Crippen LogP contribution in [0, 0.1) is 0 Å². The van der Waals surface area contributed by atoms with Crippen LogP contribution >= 0.6 is 34.4 Å². The predicted octanol–water partition coefficient (Wildman–Crippen LogP) is 1.76. The summed E-state index contributed by atoms with van der Waals surface area (Å²) in [5.74, 6) is 1.08. The number of thioether (sulfide) groups is 1. The van der Waals surface area contributed by atoms with E-state index in [1.807, 2.05) is 11.8 Å². The van der Waals surface area contributed by atoms with Gasteiger partial charge in [0.05, 0.1) is 12.1 Å². The minimum absolute atomic E-state index is 0.0270. The van der Waals surface area contributed by atoms with Gasteiger partial charge in [-0.25, -0.2) is 4.79 Å². The summed E-state index contributed by atoms with van der Waals surface area (Å²) in [5.41, 5.74) is 0. The van der Waals surface area contributed by atoms with E-state index in [4.69, 9.17) is 0 Å². The molecule has 14 heavy (non-hydrogen) atoms. The van der Waals surface area contributed by atoms with E-state index in [0.29, 0.717) is 17.3 Å². The molecule has 0 aromatic carbocycles. The van der Waals surface area contributed by atoms with E-state index >= 15 is 0 Å². The molecular formula is C9H15IN2OS. The Morgan fingerprint density at radius 1 is 1.43 bits per heavy atom. The van der Waals surface area contributed by atoms with E-state index in [0.717, 1.165) is 5.75 Å². The Labute approximate surface area is 102 Å². The summed E-state index contributed by atoms with van der Waals surface area (Å²) in [4.78, 5) is 11.1. The number of urea groups is 1. The van der Waals surface area contributed by atoms with Crippen LogP contribution in [0.25, 0.3) is 0 Å². The lowest BCUT2D eigenvalue weighted by atomic mass is 10.0. The number of rotatable bonds is 4. The van der Waals surface area contributed by atoms with Gasteiger partial charge >= 0.3 is 6.03 Å². The molecule has 3 atom stereocenters. The molecule has 0 saturated carbocycles. The van der Waals surface area contributed by atoms with E-state index < -0.39 is 0 Å². The highest BCUT2D eigenvalue weighted by Gasteiger charge is 2.42.